The lowest BCUT2D eigenvalue weighted by Gasteiger charge is -2.32. The topological polar surface area (TPSA) is 67.9 Å². The summed E-state index contributed by atoms with van der Waals surface area (Å²) in [5.74, 6) is -0.145. The Hall–Kier alpha value is -2.08. The highest BCUT2D eigenvalue weighted by molar-refractivity contribution is 5.82. The van der Waals surface area contributed by atoms with Gasteiger partial charge in [-0.05, 0) is 25.3 Å². The van der Waals surface area contributed by atoms with Crippen molar-refractivity contribution in [3.8, 4) is 0 Å². The Bertz CT molecular complexity index is 513. The number of rotatable bonds is 5. The molecule has 0 aromatic heterocycles. The third-order valence-electron chi connectivity index (χ3n) is 3.94. The number of nitrogens with one attached hydrogen (secondary N) is 1. The number of hydrogen-bond acceptors (Lipinski definition) is 4. The molecule has 0 aliphatic carbocycles. The lowest BCUT2D eigenvalue weighted by Crippen LogP contribution is -2.47. The summed E-state index contributed by atoms with van der Waals surface area (Å²) in [5.41, 5.74) is 0.830. The first-order valence-electron chi connectivity index (χ1n) is 7.95. The van der Waals surface area contributed by atoms with Crippen molar-refractivity contribution in [1.29, 1.82) is 0 Å². The van der Waals surface area contributed by atoms with Crippen LogP contribution in [0.1, 0.15) is 31.4 Å². The van der Waals surface area contributed by atoms with Crippen LogP contribution in [0.15, 0.2) is 30.3 Å². The molecule has 6 heteroatoms. The van der Waals surface area contributed by atoms with Gasteiger partial charge in [0.15, 0.2) is 6.10 Å². The van der Waals surface area contributed by atoms with E-state index in [1.165, 1.54) is 7.11 Å². The van der Waals surface area contributed by atoms with Crippen LogP contribution < -0.4 is 5.32 Å². The number of methoxy groups -OCH3 is 1. The Morgan fingerprint density at radius 2 is 1.91 bits per heavy atom. The molecule has 23 heavy (non-hydrogen) atoms. The number of piperidine rings is 1. The summed E-state index contributed by atoms with van der Waals surface area (Å²) in [4.78, 5) is 25.8. The Kier molecular flexibility index (Phi) is 6.40. The predicted octanol–water partition coefficient (Wildman–Crippen LogP) is 2.11. The molecular formula is C17H24N2O4. The van der Waals surface area contributed by atoms with Crippen LogP contribution in [0.25, 0.3) is 0 Å². The molecular weight excluding hydrogens is 296 g/mol. The third kappa shape index (κ3) is 4.69. The largest absolute Gasteiger partial charge is 0.450 e. The summed E-state index contributed by atoms with van der Waals surface area (Å²) in [7, 11) is 1.53. The molecule has 0 bridgehead atoms. The first-order valence-corrected chi connectivity index (χ1v) is 7.95. The number of ether oxygens (including phenoxy) is 2. The summed E-state index contributed by atoms with van der Waals surface area (Å²) < 4.78 is 10.3. The maximum Gasteiger partial charge on any atom is 0.409 e. The van der Waals surface area contributed by atoms with Gasteiger partial charge in [-0.2, -0.15) is 0 Å². The zero-order valence-electron chi connectivity index (χ0n) is 13.7. The van der Waals surface area contributed by atoms with Crippen LogP contribution >= 0.6 is 0 Å². The summed E-state index contributed by atoms with van der Waals surface area (Å²) in [6, 6.07) is 9.46. The van der Waals surface area contributed by atoms with Crippen molar-refractivity contribution in [3.63, 3.8) is 0 Å². The fourth-order valence-electron chi connectivity index (χ4n) is 2.72. The molecule has 0 radical (unpaired) electrons. The second-order valence-electron chi connectivity index (χ2n) is 5.50. The van der Waals surface area contributed by atoms with E-state index < -0.39 is 6.10 Å². The van der Waals surface area contributed by atoms with Crippen LogP contribution in [0.5, 0.6) is 0 Å². The van der Waals surface area contributed by atoms with E-state index in [1.807, 2.05) is 30.3 Å². The van der Waals surface area contributed by atoms with Crippen molar-refractivity contribution in [2.75, 3.05) is 26.8 Å². The predicted molar refractivity (Wildman–Crippen MR) is 86.0 cm³/mol. The minimum atomic E-state index is -0.612. The molecule has 1 aliphatic heterocycles. The first kappa shape index (κ1) is 17.3. The molecule has 1 saturated heterocycles. The van der Waals surface area contributed by atoms with Crippen LogP contribution in [-0.2, 0) is 14.3 Å². The van der Waals surface area contributed by atoms with E-state index in [0.717, 1.165) is 18.4 Å². The number of carbonyl (C=O) groups is 2. The van der Waals surface area contributed by atoms with Crippen LogP contribution in [0.3, 0.4) is 0 Å². The summed E-state index contributed by atoms with van der Waals surface area (Å²) in [6.45, 7) is 3.35. The van der Waals surface area contributed by atoms with Gasteiger partial charge < -0.3 is 19.7 Å². The molecule has 1 aromatic rings. The van der Waals surface area contributed by atoms with Crippen molar-refractivity contribution in [1.82, 2.24) is 10.2 Å². The zero-order chi connectivity index (χ0) is 16.7. The highest BCUT2D eigenvalue weighted by Crippen LogP contribution is 2.18. The highest BCUT2D eigenvalue weighted by atomic mass is 16.6. The van der Waals surface area contributed by atoms with E-state index in [4.69, 9.17) is 9.47 Å². The Morgan fingerprint density at radius 3 is 2.48 bits per heavy atom. The number of amides is 2. The standard InChI is InChI=1S/C17H24N2O4/c1-3-23-17(21)19-11-9-14(10-12-19)18-16(20)15(22-2)13-7-5-4-6-8-13/h4-8,14-15H,3,9-12H2,1-2H3,(H,18,20)/t15-/m1/s1. The van der Waals surface area contributed by atoms with E-state index in [-0.39, 0.29) is 18.0 Å². The van der Waals surface area contributed by atoms with Gasteiger partial charge in [-0.3, -0.25) is 4.79 Å². The van der Waals surface area contributed by atoms with Gasteiger partial charge in [0.05, 0.1) is 6.61 Å². The number of likely N-dealkylation sites (tertiary alicyclic amines) is 1. The van der Waals surface area contributed by atoms with E-state index in [1.54, 1.807) is 11.8 Å². The molecule has 1 aliphatic rings. The second kappa shape index (κ2) is 8.53. The smallest absolute Gasteiger partial charge is 0.409 e. The normalized spacial score (nSPS) is 16.7. The monoisotopic (exact) mass is 320 g/mol. The van der Waals surface area contributed by atoms with E-state index in [9.17, 15) is 9.59 Å². The molecule has 1 N–H and O–H groups in total. The minimum Gasteiger partial charge on any atom is -0.450 e. The maximum absolute atomic E-state index is 12.4. The van der Waals surface area contributed by atoms with Crippen molar-refractivity contribution < 1.29 is 19.1 Å². The molecule has 1 fully saturated rings. The molecule has 2 amide bonds. The van der Waals surface area contributed by atoms with Crippen molar-refractivity contribution in [3.05, 3.63) is 35.9 Å². The van der Waals surface area contributed by atoms with Gasteiger partial charge in [0.2, 0.25) is 0 Å². The fraction of sp³-hybridized carbons (Fsp3) is 0.529. The lowest BCUT2D eigenvalue weighted by molar-refractivity contribution is -0.132. The molecule has 0 unspecified atom stereocenters. The molecule has 6 nitrogen and oxygen atoms in total. The summed E-state index contributed by atoms with van der Waals surface area (Å²) in [5, 5.41) is 3.02. The van der Waals surface area contributed by atoms with Gasteiger partial charge in [0.25, 0.3) is 5.91 Å². The zero-order valence-corrected chi connectivity index (χ0v) is 13.7. The summed E-state index contributed by atoms with van der Waals surface area (Å²) in [6.07, 6.45) is 0.543. The average Bonchev–Trinajstić information content (AvgIpc) is 2.57. The van der Waals surface area contributed by atoms with Crippen LogP contribution in [0.2, 0.25) is 0 Å². The van der Waals surface area contributed by atoms with Gasteiger partial charge >= 0.3 is 6.09 Å². The van der Waals surface area contributed by atoms with E-state index in [2.05, 4.69) is 5.32 Å². The van der Waals surface area contributed by atoms with Crippen LogP contribution in [0.4, 0.5) is 4.79 Å². The Balaban J connectivity index is 1.85. The summed E-state index contributed by atoms with van der Waals surface area (Å²) >= 11 is 0. The van der Waals surface area contributed by atoms with Crippen molar-refractivity contribution in [2.45, 2.75) is 31.9 Å². The lowest BCUT2D eigenvalue weighted by atomic mass is 10.0. The molecule has 1 heterocycles. The molecule has 0 spiro atoms. The van der Waals surface area contributed by atoms with E-state index in [0.29, 0.717) is 19.7 Å². The minimum absolute atomic E-state index is 0.0505. The van der Waals surface area contributed by atoms with Crippen molar-refractivity contribution >= 4 is 12.0 Å². The SMILES string of the molecule is CCOC(=O)N1CCC(NC(=O)[C@H](OC)c2ccccc2)CC1. The van der Waals surface area contributed by atoms with Gasteiger partial charge in [0.1, 0.15) is 0 Å². The molecule has 1 atom stereocenters. The first-order chi connectivity index (χ1) is 11.2. The van der Waals surface area contributed by atoms with Crippen molar-refractivity contribution in [2.24, 2.45) is 0 Å². The van der Waals surface area contributed by atoms with Crippen LogP contribution in [0, 0.1) is 0 Å². The number of nitrogens with zero attached hydrogens (tertiary/aromatic N) is 1. The molecule has 2 rings (SSSR count). The second-order valence-corrected chi connectivity index (χ2v) is 5.50. The van der Waals surface area contributed by atoms with Crippen LogP contribution in [-0.4, -0.2) is 49.7 Å². The number of hydrogen-bond donors (Lipinski definition) is 1. The molecule has 1 aromatic carbocycles. The number of benzene rings is 1. The third-order valence-corrected chi connectivity index (χ3v) is 3.94. The highest BCUT2D eigenvalue weighted by Gasteiger charge is 2.27. The molecule has 126 valence electrons. The average molecular weight is 320 g/mol. The van der Waals surface area contributed by atoms with E-state index >= 15 is 0 Å². The Morgan fingerprint density at radius 1 is 1.26 bits per heavy atom. The van der Waals surface area contributed by atoms with Gasteiger partial charge in [0, 0.05) is 26.2 Å². The molecule has 0 saturated carbocycles. The fourth-order valence-corrected chi connectivity index (χ4v) is 2.72. The van der Waals surface area contributed by atoms with Gasteiger partial charge in [-0.25, -0.2) is 4.79 Å². The maximum atomic E-state index is 12.4. The quantitative estimate of drug-likeness (QED) is 0.902. The Labute approximate surface area is 136 Å². The van der Waals surface area contributed by atoms with Gasteiger partial charge in [-0.15, -0.1) is 0 Å². The number of carbonyl (C=O) groups excluding carboxylic acids is 2. The van der Waals surface area contributed by atoms with Gasteiger partial charge in [-0.1, -0.05) is 30.3 Å².